The summed E-state index contributed by atoms with van der Waals surface area (Å²) in [5.74, 6) is -0.857. The minimum atomic E-state index is -4.16. The van der Waals surface area contributed by atoms with Gasteiger partial charge in [0.15, 0.2) is 0 Å². The number of hydrogen-bond acceptors (Lipinski definition) is 4. The Labute approximate surface area is 236 Å². The number of aryl methyl sites for hydroxylation is 1. The largest absolute Gasteiger partial charge is 0.350 e. The van der Waals surface area contributed by atoms with Crippen molar-refractivity contribution in [3.05, 3.63) is 94.5 Å². The SMILES string of the molecule is Cc1ccc(S(=O)(=O)N(CC(=O)N(Cc2ccccc2)C(C)C(=O)NC(C)(C)C)c2cccc(Cl)c2C)cc1. The number of carbonyl (C=O) groups excluding carboxylic acids is 2. The standard InChI is InChI=1S/C30H36ClN3O4S/c1-21-15-17-25(18-16-21)39(37,38)34(27-14-10-13-26(31)22(27)2)20-28(35)33(19-24-11-8-7-9-12-24)23(3)29(36)32-30(4,5)6/h7-18,23H,19-20H2,1-6H3,(H,32,36). The monoisotopic (exact) mass is 569 g/mol. The minimum absolute atomic E-state index is 0.0495. The van der Waals surface area contributed by atoms with Gasteiger partial charge in [-0.15, -0.1) is 0 Å². The van der Waals surface area contributed by atoms with Crippen molar-refractivity contribution < 1.29 is 18.0 Å². The van der Waals surface area contributed by atoms with Crippen molar-refractivity contribution in [2.75, 3.05) is 10.8 Å². The summed E-state index contributed by atoms with van der Waals surface area (Å²) in [6, 6.07) is 19.8. The maximum Gasteiger partial charge on any atom is 0.264 e. The molecule has 1 N–H and O–H groups in total. The van der Waals surface area contributed by atoms with Gasteiger partial charge in [-0.05, 0) is 76.9 Å². The molecule has 0 aliphatic carbocycles. The molecule has 0 radical (unpaired) electrons. The average molecular weight is 570 g/mol. The van der Waals surface area contributed by atoms with Crippen molar-refractivity contribution in [1.82, 2.24) is 10.2 Å². The van der Waals surface area contributed by atoms with Crippen LogP contribution in [0.15, 0.2) is 77.7 Å². The van der Waals surface area contributed by atoms with E-state index in [2.05, 4.69) is 5.32 Å². The summed E-state index contributed by atoms with van der Waals surface area (Å²) in [5, 5.41) is 3.30. The normalized spacial score (nSPS) is 12.5. The van der Waals surface area contributed by atoms with E-state index < -0.39 is 34.1 Å². The van der Waals surface area contributed by atoms with E-state index in [-0.39, 0.29) is 17.3 Å². The number of amides is 2. The van der Waals surface area contributed by atoms with Gasteiger partial charge < -0.3 is 10.2 Å². The van der Waals surface area contributed by atoms with Gasteiger partial charge in [-0.3, -0.25) is 13.9 Å². The third-order valence-corrected chi connectivity index (χ3v) is 8.44. The Balaban J connectivity index is 2.07. The molecular formula is C30H36ClN3O4S. The van der Waals surface area contributed by atoms with E-state index in [1.54, 1.807) is 44.2 Å². The van der Waals surface area contributed by atoms with E-state index >= 15 is 0 Å². The van der Waals surface area contributed by atoms with Crippen LogP contribution in [0, 0.1) is 13.8 Å². The summed E-state index contributed by atoms with van der Waals surface area (Å²) in [4.78, 5) is 28.6. The first-order valence-corrected chi connectivity index (χ1v) is 14.5. The van der Waals surface area contributed by atoms with Crippen LogP contribution in [-0.2, 0) is 26.2 Å². The number of nitrogens with zero attached hydrogens (tertiary/aromatic N) is 2. The highest BCUT2D eigenvalue weighted by Crippen LogP contribution is 2.31. The van der Waals surface area contributed by atoms with Gasteiger partial charge >= 0.3 is 0 Å². The zero-order chi connectivity index (χ0) is 29.0. The van der Waals surface area contributed by atoms with Crippen molar-refractivity contribution in [3.8, 4) is 0 Å². The quantitative estimate of drug-likeness (QED) is 0.369. The van der Waals surface area contributed by atoms with Gasteiger partial charge in [0.25, 0.3) is 10.0 Å². The van der Waals surface area contributed by atoms with E-state index in [0.29, 0.717) is 16.3 Å². The fourth-order valence-corrected chi connectivity index (χ4v) is 5.70. The Hall–Kier alpha value is -3.36. The first kappa shape index (κ1) is 30.2. The lowest BCUT2D eigenvalue weighted by molar-refractivity contribution is -0.140. The van der Waals surface area contributed by atoms with Crippen molar-refractivity contribution in [3.63, 3.8) is 0 Å². The molecule has 7 nitrogen and oxygen atoms in total. The van der Waals surface area contributed by atoms with Crippen LogP contribution in [-0.4, -0.2) is 43.3 Å². The number of hydrogen-bond donors (Lipinski definition) is 1. The molecule has 0 spiro atoms. The van der Waals surface area contributed by atoms with Crippen LogP contribution in [0.5, 0.6) is 0 Å². The Morgan fingerprint density at radius 2 is 1.54 bits per heavy atom. The molecule has 0 bridgehead atoms. The predicted octanol–water partition coefficient (Wildman–Crippen LogP) is 5.48. The summed E-state index contributed by atoms with van der Waals surface area (Å²) in [5.41, 5.74) is 2.03. The number of rotatable bonds is 9. The number of benzene rings is 3. The third kappa shape index (κ3) is 7.61. The number of sulfonamides is 1. The van der Waals surface area contributed by atoms with Crippen LogP contribution in [0.25, 0.3) is 0 Å². The fraction of sp³-hybridized carbons (Fsp3) is 0.333. The van der Waals surface area contributed by atoms with Crippen molar-refractivity contribution >= 4 is 39.1 Å². The van der Waals surface area contributed by atoms with Crippen LogP contribution < -0.4 is 9.62 Å². The Kier molecular flexibility index (Phi) is 9.46. The van der Waals surface area contributed by atoms with Gasteiger partial charge in [0, 0.05) is 17.1 Å². The molecule has 0 aliphatic rings. The van der Waals surface area contributed by atoms with E-state index in [9.17, 15) is 18.0 Å². The van der Waals surface area contributed by atoms with Gasteiger partial charge in [-0.2, -0.15) is 0 Å². The summed E-state index contributed by atoms with van der Waals surface area (Å²) in [6.45, 7) is 10.4. The number of anilines is 1. The molecule has 2 amide bonds. The molecule has 3 aromatic carbocycles. The lowest BCUT2D eigenvalue weighted by Crippen LogP contribution is -2.54. The van der Waals surface area contributed by atoms with Crippen LogP contribution >= 0.6 is 11.6 Å². The molecule has 0 saturated carbocycles. The number of carbonyl (C=O) groups is 2. The highest BCUT2D eigenvalue weighted by Gasteiger charge is 2.34. The lowest BCUT2D eigenvalue weighted by Gasteiger charge is -2.34. The zero-order valence-electron chi connectivity index (χ0n) is 23.2. The van der Waals surface area contributed by atoms with E-state index in [1.807, 2.05) is 58.0 Å². The number of nitrogens with one attached hydrogen (secondary N) is 1. The van der Waals surface area contributed by atoms with Gasteiger partial charge in [-0.25, -0.2) is 8.42 Å². The van der Waals surface area contributed by atoms with Crippen molar-refractivity contribution in [1.29, 1.82) is 0 Å². The molecule has 3 rings (SSSR count). The molecule has 0 heterocycles. The van der Waals surface area contributed by atoms with Crippen LogP contribution in [0.4, 0.5) is 5.69 Å². The second-order valence-corrected chi connectivity index (χ2v) is 12.9. The highest BCUT2D eigenvalue weighted by atomic mass is 35.5. The first-order valence-electron chi connectivity index (χ1n) is 12.7. The van der Waals surface area contributed by atoms with Crippen molar-refractivity contribution in [2.45, 2.75) is 64.6 Å². The van der Waals surface area contributed by atoms with Crippen LogP contribution in [0.1, 0.15) is 44.4 Å². The first-order chi connectivity index (χ1) is 18.2. The molecule has 208 valence electrons. The van der Waals surface area contributed by atoms with Gasteiger partial charge in [0.05, 0.1) is 10.6 Å². The molecule has 39 heavy (non-hydrogen) atoms. The molecule has 3 aromatic rings. The second kappa shape index (κ2) is 12.2. The summed E-state index contributed by atoms with van der Waals surface area (Å²) < 4.78 is 29.0. The number of halogens is 1. The molecule has 0 aromatic heterocycles. The van der Waals surface area contributed by atoms with Crippen molar-refractivity contribution in [2.24, 2.45) is 0 Å². The van der Waals surface area contributed by atoms with Crippen LogP contribution in [0.3, 0.4) is 0 Å². The van der Waals surface area contributed by atoms with Crippen LogP contribution in [0.2, 0.25) is 5.02 Å². The fourth-order valence-electron chi connectivity index (χ4n) is 4.05. The molecule has 1 atom stereocenters. The summed E-state index contributed by atoms with van der Waals surface area (Å²) in [6.07, 6.45) is 0. The molecule has 0 saturated heterocycles. The lowest BCUT2D eigenvalue weighted by atomic mass is 10.1. The molecule has 9 heteroatoms. The minimum Gasteiger partial charge on any atom is -0.350 e. The second-order valence-electron chi connectivity index (χ2n) is 10.6. The third-order valence-electron chi connectivity index (χ3n) is 6.26. The Morgan fingerprint density at radius 1 is 0.923 bits per heavy atom. The molecule has 0 fully saturated rings. The smallest absolute Gasteiger partial charge is 0.264 e. The molecular weight excluding hydrogens is 534 g/mol. The molecule has 1 unspecified atom stereocenters. The molecule has 0 aliphatic heterocycles. The van der Waals surface area contributed by atoms with E-state index in [0.717, 1.165) is 15.4 Å². The average Bonchev–Trinajstić information content (AvgIpc) is 2.87. The maximum absolute atomic E-state index is 14.0. The summed E-state index contributed by atoms with van der Waals surface area (Å²) >= 11 is 6.36. The highest BCUT2D eigenvalue weighted by molar-refractivity contribution is 7.92. The topological polar surface area (TPSA) is 86.8 Å². The maximum atomic E-state index is 14.0. The van der Waals surface area contributed by atoms with Gasteiger partial charge in [0.1, 0.15) is 12.6 Å². The predicted molar refractivity (Wildman–Crippen MR) is 156 cm³/mol. The Morgan fingerprint density at radius 3 is 2.13 bits per heavy atom. The summed E-state index contributed by atoms with van der Waals surface area (Å²) in [7, 11) is -4.16. The zero-order valence-corrected chi connectivity index (χ0v) is 24.8. The van der Waals surface area contributed by atoms with Gasteiger partial charge in [0.2, 0.25) is 11.8 Å². The van der Waals surface area contributed by atoms with E-state index in [4.69, 9.17) is 11.6 Å². The van der Waals surface area contributed by atoms with E-state index in [1.165, 1.54) is 17.0 Å². The van der Waals surface area contributed by atoms with Gasteiger partial charge in [-0.1, -0.05) is 65.7 Å². The Bertz CT molecular complexity index is 1420.